The predicted octanol–water partition coefficient (Wildman–Crippen LogP) is 2.45. The van der Waals surface area contributed by atoms with Crippen LogP contribution < -0.4 is 5.32 Å². The molecule has 0 saturated carbocycles. The summed E-state index contributed by atoms with van der Waals surface area (Å²) in [6, 6.07) is 4.26. The number of furan rings is 1. The number of hydrogen-bond acceptors (Lipinski definition) is 3. The first-order valence-electron chi connectivity index (χ1n) is 5.91. The molecule has 2 rings (SSSR count). The highest BCUT2D eigenvalue weighted by Gasteiger charge is 2.21. The van der Waals surface area contributed by atoms with Crippen molar-refractivity contribution in [2.75, 3.05) is 13.2 Å². The van der Waals surface area contributed by atoms with E-state index in [1.807, 2.05) is 18.2 Å². The number of hydrogen-bond donors (Lipinski definition) is 1. The molecule has 1 aliphatic heterocycles. The Kier molecular flexibility index (Phi) is 4.19. The first kappa shape index (κ1) is 11.4. The fourth-order valence-electron chi connectivity index (χ4n) is 1.94. The number of ether oxygens (including phenoxy) is 1. The van der Waals surface area contributed by atoms with Crippen LogP contribution in [-0.2, 0) is 4.74 Å². The molecule has 0 aliphatic carbocycles. The van der Waals surface area contributed by atoms with Gasteiger partial charge in [-0.15, -0.1) is 0 Å². The lowest BCUT2D eigenvalue weighted by atomic mass is 10.1. The van der Waals surface area contributed by atoms with Crippen LogP contribution in [0.15, 0.2) is 28.9 Å². The van der Waals surface area contributed by atoms with Crippen molar-refractivity contribution in [1.82, 2.24) is 5.32 Å². The summed E-state index contributed by atoms with van der Waals surface area (Å²) in [5.74, 6) is 0.895. The van der Waals surface area contributed by atoms with Crippen LogP contribution in [0.2, 0.25) is 0 Å². The minimum atomic E-state index is 0.386. The molecule has 1 N–H and O–H groups in total. The van der Waals surface area contributed by atoms with E-state index < -0.39 is 0 Å². The molecule has 88 valence electrons. The molecule has 0 aromatic carbocycles. The predicted molar refractivity (Wildman–Crippen MR) is 64.2 cm³/mol. The molecule has 3 heteroatoms. The lowest BCUT2D eigenvalue weighted by Crippen LogP contribution is -2.36. The second kappa shape index (κ2) is 5.87. The summed E-state index contributed by atoms with van der Waals surface area (Å²) in [6.45, 7) is 3.94. The van der Waals surface area contributed by atoms with Crippen molar-refractivity contribution in [1.29, 1.82) is 0 Å². The average molecular weight is 221 g/mol. The van der Waals surface area contributed by atoms with E-state index in [2.05, 4.69) is 18.3 Å². The van der Waals surface area contributed by atoms with Gasteiger partial charge in [0.25, 0.3) is 0 Å². The van der Waals surface area contributed by atoms with Crippen molar-refractivity contribution in [3.63, 3.8) is 0 Å². The molecule has 3 nitrogen and oxygen atoms in total. The average Bonchev–Trinajstić information content (AvgIpc) is 2.96. The molecule has 1 saturated heterocycles. The second-order valence-corrected chi connectivity index (χ2v) is 4.17. The van der Waals surface area contributed by atoms with Crippen LogP contribution in [0.4, 0.5) is 0 Å². The normalized spacial score (nSPS) is 22.9. The fourth-order valence-corrected chi connectivity index (χ4v) is 1.94. The van der Waals surface area contributed by atoms with E-state index in [4.69, 9.17) is 9.15 Å². The van der Waals surface area contributed by atoms with Gasteiger partial charge < -0.3 is 14.5 Å². The minimum absolute atomic E-state index is 0.386. The first-order valence-corrected chi connectivity index (χ1v) is 5.91. The van der Waals surface area contributed by atoms with Crippen LogP contribution >= 0.6 is 0 Å². The van der Waals surface area contributed by atoms with E-state index in [0.717, 1.165) is 18.9 Å². The van der Waals surface area contributed by atoms with Gasteiger partial charge in [0.2, 0.25) is 0 Å². The third kappa shape index (κ3) is 3.22. The van der Waals surface area contributed by atoms with Crippen LogP contribution in [0.1, 0.15) is 25.5 Å². The summed E-state index contributed by atoms with van der Waals surface area (Å²) in [4.78, 5) is 0. The fraction of sp³-hybridized carbons (Fsp3) is 0.538. The molecule has 1 aromatic rings. The molecule has 0 amide bonds. The summed E-state index contributed by atoms with van der Waals surface area (Å²) >= 11 is 0. The van der Waals surface area contributed by atoms with E-state index in [1.165, 1.54) is 12.8 Å². The number of rotatable bonds is 5. The van der Waals surface area contributed by atoms with E-state index in [0.29, 0.717) is 12.1 Å². The van der Waals surface area contributed by atoms with E-state index in [1.54, 1.807) is 6.26 Å². The van der Waals surface area contributed by atoms with Crippen molar-refractivity contribution in [3.05, 3.63) is 30.2 Å². The Bertz CT molecular complexity index is 313. The highest BCUT2D eigenvalue weighted by Crippen LogP contribution is 2.15. The van der Waals surface area contributed by atoms with Gasteiger partial charge in [-0.05, 0) is 38.0 Å². The van der Waals surface area contributed by atoms with E-state index >= 15 is 0 Å². The summed E-state index contributed by atoms with van der Waals surface area (Å²) in [5.41, 5.74) is 0. The Morgan fingerprint density at radius 3 is 3.25 bits per heavy atom. The van der Waals surface area contributed by atoms with Gasteiger partial charge in [-0.1, -0.05) is 6.08 Å². The van der Waals surface area contributed by atoms with Gasteiger partial charge >= 0.3 is 0 Å². The Hall–Kier alpha value is -1.06. The molecule has 16 heavy (non-hydrogen) atoms. The maximum atomic E-state index is 5.61. The molecule has 2 unspecified atom stereocenters. The maximum Gasteiger partial charge on any atom is 0.126 e. The van der Waals surface area contributed by atoms with Crippen molar-refractivity contribution in [2.24, 2.45) is 0 Å². The maximum absolute atomic E-state index is 5.61. The quantitative estimate of drug-likeness (QED) is 0.829. The largest absolute Gasteiger partial charge is 0.465 e. The lowest BCUT2D eigenvalue weighted by molar-refractivity contribution is 0.0849. The monoisotopic (exact) mass is 221 g/mol. The van der Waals surface area contributed by atoms with Gasteiger partial charge in [0.05, 0.1) is 12.4 Å². The Morgan fingerprint density at radius 1 is 1.62 bits per heavy atom. The lowest BCUT2D eigenvalue weighted by Gasteiger charge is -2.18. The van der Waals surface area contributed by atoms with Gasteiger partial charge in [0.15, 0.2) is 0 Å². The van der Waals surface area contributed by atoms with Gasteiger partial charge in [-0.2, -0.15) is 0 Å². The minimum Gasteiger partial charge on any atom is -0.465 e. The van der Waals surface area contributed by atoms with Gasteiger partial charge in [-0.3, -0.25) is 0 Å². The topological polar surface area (TPSA) is 34.4 Å². The Morgan fingerprint density at radius 2 is 2.56 bits per heavy atom. The summed E-state index contributed by atoms with van der Waals surface area (Å²) < 4.78 is 10.8. The van der Waals surface area contributed by atoms with Gasteiger partial charge in [0.1, 0.15) is 5.76 Å². The van der Waals surface area contributed by atoms with Crippen molar-refractivity contribution < 1.29 is 9.15 Å². The zero-order valence-corrected chi connectivity index (χ0v) is 9.69. The van der Waals surface area contributed by atoms with Crippen LogP contribution in [0.3, 0.4) is 0 Å². The van der Waals surface area contributed by atoms with Crippen LogP contribution in [0.5, 0.6) is 0 Å². The molecule has 0 radical (unpaired) electrons. The molecular formula is C13H19NO2. The standard InChI is InChI=1S/C13H19NO2/c1-11(13-7-4-10-16-13)14-8-2-5-12-6-3-9-15-12/h2-3,5-6,9,11,13-14H,4,7-8,10H2,1H3/b5-2+. The third-order valence-corrected chi connectivity index (χ3v) is 2.91. The van der Waals surface area contributed by atoms with Crippen molar-refractivity contribution in [3.8, 4) is 0 Å². The first-order chi connectivity index (χ1) is 7.86. The smallest absolute Gasteiger partial charge is 0.126 e. The van der Waals surface area contributed by atoms with Crippen molar-refractivity contribution >= 4 is 6.08 Å². The second-order valence-electron chi connectivity index (χ2n) is 4.17. The van der Waals surface area contributed by atoms with E-state index in [-0.39, 0.29) is 0 Å². The van der Waals surface area contributed by atoms with E-state index in [9.17, 15) is 0 Å². The highest BCUT2D eigenvalue weighted by atomic mass is 16.5. The molecule has 2 heterocycles. The summed E-state index contributed by atoms with van der Waals surface area (Å²) in [6.07, 6.45) is 8.49. The SMILES string of the molecule is CC(NC/C=C/c1ccco1)C1CCCO1. The van der Waals surface area contributed by atoms with Crippen molar-refractivity contribution in [2.45, 2.75) is 31.9 Å². The molecule has 2 atom stereocenters. The zero-order chi connectivity index (χ0) is 11.2. The molecule has 1 fully saturated rings. The van der Waals surface area contributed by atoms with Gasteiger partial charge in [-0.25, -0.2) is 0 Å². The molecule has 1 aliphatic rings. The zero-order valence-electron chi connectivity index (χ0n) is 9.69. The Labute approximate surface area is 96.5 Å². The van der Waals surface area contributed by atoms with Crippen LogP contribution in [0, 0.1) is 0 Å². The Balaban J connectivity index is 1.67. The molecule has 0 bridgehead atoms. The summed E-state index contributed by atoms with van der Waals surface area (Å²) in [7, 11) is 0. The molecule has 0 spiro atoms. The summed E-state index contributed by atoms with van der Waals surface area (Å²) in [5, 5.41) is 3.43. The number of nitrogens with one attached hydrogen (secondary N) is 1. The molecule has 1 aromatic heterocycles. The van der Waals surface area contributed by atoms with Crippen LogP contribution in [0.25, 0.3) is 6.08 Å². The van der Waals surface area contributed by atoms with Gasteiger partial charge in [0, 0.05) is 19.2 Å². The highest BCUT2D eigenvalue weighted by molar-refractivity contribution is 5.42. The molecular weight excluding hydrogens is 202 g/mol. The van der Waals surface area contributed by atoms with Crippen LogP contribution in [-0.4, -0.2) is 25.3 Å². The third-order valence-electron chi connectivity index (χ3n) is 2.91.